The Hall–Kier alpha value is -3.43. The molecule has 1 amide bonds. The van der Waals surface area contributed by atoms with Gasteiger partial charge < -0.3 is 19.3 Å². The molecule has 0 aliphatic rings. The number of amides is 1. The number of pyridine rings is 1. The predicted octanol–water partition coefficient (Wildman–Crippen LogP) is 4.72. The minimum Gasteiger partial charge on any atom is -0.495 e. The Balaban J connectivity index is 1.54. The van der Waals surface area contributed by atoms with Crippen molar-refractivity contribution < 1.29 is 23.6 Å². The number of carbonyl (C=O) groups is 2. The van der Waals surface area contributed by atoms with Crippen LogP contribution in [0.5, 0.6) is 5.75 Å². The number of fused-ring (bicyclic) bond motifs is 1. The van der Waals surface area contributed by atoms with Crippen LogP contribution < -0.4 is 10.1 Å². The highest BCUT2D eigenvalue weighted by atomic mass is 35.5. The van der Waals surface area contributed by atoms with Gasteiger partial charge in [-0.05, 0) is 42.6 Å². The summed E-state index contributed by atoms with van der Waals surface area (Å²) in [6, 6.07) is 10.2. The first-order valence-corrected chi connectivity index (χ1v) is 10.3. The smallest absolute Gasteiger partial charge is 0.339 e. The van der Waals surface area contributed by atoms with Gasteiger partial charge in [-0.1, -0.05) is 22.8 Å². The highest BCUT2D eigenvalue weighted by molar-refractivity contribution is 7.13. The van der Waals surface area contributed by atoms with Crippen LogP contribution in [0.25, 0.3) is 21.7 Å². The van der Waals surface area contributed by atoms with Crippen LogP contribution in [0.15, 0.2) is 46.3 Å². The van der Waals surface area contributed by atoms with Crippen molar-refractivity contribution in [2.45, 2.75) is 6.92 Å². The Bertz CT molecular complexity index is 1270. The van der Waals surface area contributed by atoms with E-state index in [9.17, 15) is 9.59 Å². The van der Waals surface area contributed by atoms with Crippen LogP contribution in [0.4, 0.5) is 5.69 Å². The molecule has 31 heavy (non-hydrogen) atoms. The second kappa shape index (κ2) is 8.75. The number of anilines is 1. The fraction of sp³-hybridized carbons (Fsp3) is 0.143. The van der Waals surface area contributed by atoms with Crippen molar-refractivity contribution in [1.82, 2.24) is 10.1 Å². The maximum atomic E-state index is 12.8. The van der Waals surface area contributed by atoms with Crippen molar-refractivity contribution >= 4 is 51.6 Å². The molecule has 3 aromatic heterocycles. The number of benzene rings is 1. The van der Waals surface area contributed by atoms with Crippen LogP contribution in [0.2, 0.25) is 5.02 Å². The molecule has 0 atom stereocenters. The summed E-state index contributed by atoms with van der Waals surface area (Å²) in [4.78, 5) is 30.4. The molecular weight excluding hydrogens is 442 g/mol. The molecule has 0 unspecified atom stereocenters. The lowest BCUT2D eigenvalue weighted by Crippen LogP contribution is -2.21. The van der Waals surface area contributed by atoms with Crippen molar-refractivity contribution in [2.75, 3.05) is 19.0 Å². The number of ether oxygens (including phenoxy) is 2. The van der Waals surface area contributed by atoms with Gasteiger partial charge in [0.25, 0.3) is 11.6 Å². The van der Waals surface area contributed by atoms with Gasteiger partial charge >= 0.3 is 5.97 Å². The summed E-state index contributed by atoms with van der Waals surface area (Å²) in [7, 11) is 1.47. The van der Waals surface area contributed by atoms with Gasteiger partial charge in [0.15, 0.2) is 6.61 Å². The first-order chi connectivity index (χ1) is 15.0. The lowest BCUT2D eigenvalue weighted by Gasteiger charge is -2.11. The van der Waals surface area contributed by atoms with E-state index >= 15 is 0 Å². The summed E-state index contributed by atoms with van der Waals surface area (Å²) in [6.45, 7) is 1.20. The van der Waals surface area contributed by atoms with E-state index in [0.29, 0.717) is 33.2 Å². The van der Waals surface area contributed by atoms with Crippen molar-refractivity contribution in [3.63, 3.8) is 0 Å². The zero-order chi connectivity index (χ0) is 22.0. The Morgan fingerprint density at radius 1 is 1.26 bits per heavy atom. The number of aryl methyl sites for hydroxylation is 1. The molecular formula is C21H16ClN3O5S. The van der Waals surface area contributed by atoms with Crippen LogP contribution >= 0.6 is 22.9 Å². The minimum atomic E-state index is -0.690. The molecule has 0 aliphatic carbocycles. The number of nitrogens with one attached hydrogen (secondary N) is 1. The minimum absolute atomic E-state index is 0.222. The molecule has 0 radical (unpaired) electrons. The second-order valence-electron chi connectivity index (χ2n) is 6.45. The Kier molecular flexibility index (Phi) is 5.88. The highest BCUT2D eigenvalue weighted by Gasteiger charge is 2.21. The molecule has 10 heteroatoms. The molecule has 0 bridgehead atoms. The quantitative estimate of drug-likeness (QED) is 0.418. The predicted molar refractivity (Wildman–Crippen MR) is 117 cm³/mol. The van der Waals surface area contributed by atoms with Crippen molar-refractivity contribution in [3.8, 4) is 16.3 Å². The number of hydrogen-bond acceptors (Lipinski definition) is 8. The molecule has 1 N–H and O–H groups in total. The maximum Gasteiger partial charge on any atom is 0.339 e. The number of methoxy groups -OCH3 is 1. The number of thiophene rings is 1. The molecule has 158 valence electrons. The van der Waals surface area contributed by atoms with E-state index in [1.165, 1.54) is 18.4 Å². The topological polar surface area (TPSA) is 104 Å². The number of nitrogens with zero attached hydrogens (tertiary/aromatic N) is 2. The average molecular weight is 458 g/mol. The Morgan fingerprint density at radius 2 is 2.10 bits per heavy atom. The van der Waals surface area contributed by atoms with E-state index < -0.39 is 18.5 Å². The standard InChI is InChI=1S/C21H16ClN3O5S/c1-11-19-13(9-15(17-4-3-7-31-17)24-20(19)30-25-11)21(27)29-10-18(26)23-14-8-12(22)5-6-16(14)28-2/h3-9H,10H2,1-2H3,(H,23,26). The SMILES string of the molecule is COc1ccc(Cl)cc1NC(=O)COC(=O)c1cc(-c2cccs2)nc2onc(C)c12. The van der Waals surface area contributed by atoms with Crippen molar-refractivity contribution in [1.29, 1.82) is 0 Å². The summed E-state index contributed by atoms with van der Waals surface area (Å²) in [5.74, 6) is -0.801. The van der Waals surface area contributed by atoms with Crippen LogP contribution in [-0.4, -0.2) is 35.7 Å². The molecule has 0 spiro atoms. The van der Waals surface area contributed by atoms with Crippen LogP contribution in [0, 0.1) is 6.92 Å². The fourth-order valence-electron chi connectivity index (χ4n) is 2.98. The first kappa shape index (κ1) is 20.8. The molecule has 3 heterocycles. The zero-order valence-corrected chi connectivity index (χ0v) is 18.0. The number of rotatable bonds is 6. The lowest BCUT2D eigenvalue weighted by molar-refractivity contribution is -0.119. The van der Waals surface area contributed by atoms with E-state index in [2.05, 4.69) is 15.5 Å². The van der Waals surface area contributed by atoms with E-state index in [0.717, 1.165) is 4.88 Å². The van der Waals surface area contributed by atoms with E-state index in [1.54, 1.807) is 31.2 Å². The third-order valence-electron chi connectivity index (χ3n) is 4.38. The van der Waals surface area contributed by atoms with Gasteiger partial charge in [0.05, 0.1) is 40.0 Å². The highest BCUT2D eigenvalue weighted by Crippen LogP contribution is 2.30. The monoisotopic (exact) mass is 457 g/mol. The van der Waals surface area contributed by atoms with Gasteiger partial charge in [-0.25, -0.2) is 9.78 Å². The molecule has 0 saturated carbocycles. The molecule has 1 aromatic carbocycles. The lowest BCUT2D eigenvalue weighted by atomic mass is 10.1. The zero-order valence-electron chi connectivity index (χ0n) is 16.5. The van der Waals surface area contributed by atoms with Crippen LogP contribution in [0.3, 0.4) is 0 Å². The molecule has 0 aliphatic heterocycles. The molecule has 0 fully saturated rings. The average Bonchev–Trinajstić information content (AvgIpc) is 3.42. The van der Waals surface area contributed by atoms with E-state index in [1.807, 2.05) is 17.5 Å². The number of esters is 1. The van der Waals surface area contributed by atoms with Crippen LogP contribution in [0.1, 0.15) is 16.1 Å². The summed E-state index contributed by atoms with van der Waals surface area (Å²) < 4.78 is 15.7. The number of carbonyl (C=O) groups excluding carboxylic acids is 2. The van der Waals surface area contributed by atoms with E-state index in [4.69, 9.17) is 25.6 Å². The number of halogens is 1. The number of hydrogen-bond donors (Lipinski definition) is 1. The van der Waals surface area contributed by atoms with Gasteiger partial charge in [0.1, 0.15) is 5.75 Å². The number of aromatic nitrogens is 2. The van der Waals surface area contributed by atoms with Crippen molar-refractivity contribution in [2.24, 2.45) is 0 Å². The Labute approximate surface area is 185 Å². The second-order valence-corrected chi connectivity index (χ2v) is 7.83. The van der Waals surface area contributed by atoms with Crippen LogP contribution in [-0.2, 0) is 9.53 Å². The summed E-state index contributed by atoms with van der Waals surface area (Å²) in [5, 5.41) is 9.29. The normalized spacial score (nSPS) is 10.8. The van der Waals surface area contributed by atoms with E-state index in [-0.39, 0.29) is 11.3 Å². The third kappa shape index (κ3) is 4.37. The fourth-order valence-corrected chi connectivity index (χ4v) is 3.84. The molecule has 8 nitrogen and oxygen atoms in total. The first-order valence-electron chi connectivity index (χ1n) is 9.07. The largest absolute Gasteiger partial charge is 0.495 e. The summed E-state index contributed by atoms with van der Waals surface area (Å²) in [5.41, 5.74) is 1.87. The van der Waals surface area contributed by atoms with Gasteiger partial charge in [-0.2, -0.15) is 0 Å². The molecule has 4 aromatic rings. The van der Waals surface area contributed by atoms with Gasteiger partial charge in [0.2, 0.25) is 0 Å². The van der Waals surface area contributed by atoms with Crippen molar-refractivity contribution in [3.05, 3.63) is 58.1 Å². The molecule has 4 rings (SSSR count). The van der Waals surface area contributed by atoms with Gasteiger partial charge in [0, 0.05) is 5.02 Å². The summed E-state index contributed by atoms with van der Waals surface area (Å²) >= 11 is 7.44. The maximum absolute atomic E-state index is 12.8. The van der Waals surface area contributed by atoms with Gasteiger partial charge in [-0.15, -0.1) is 11.3 Å². The van der Waals surface area contributed by atoms with Gasteiger partial charge in [-0.3, -0.25) is 4.79 Å². The Morgan fingerprint density at radius 3 is 2.84 bits per heavy atom. The molecule has 0 saturated heterocycles. The third-order valence-corrected chi connectivity index (χ3v) is 5.51. The summed E-state index contributed by atoms with van der Waals surface area (Å²) in [6.07, 6.45) is 0.